The minimum absolute atomic E-state index is 0. The highest BCUT2D eigenvalue weighted by Crippen LogP contribution is 2.18. The molecule has 0 bridgehead atoms. The van der Waals surface area contributed by atoms with Gasteiger partial charge in [-0.15, -0.1) is 24.0 Å². The first-order chi connectivity index (χ1) is 14.3. The van der Waals surface area contributed by atoms with Crippen LogP contribution >= 0.6 is 35.3 Å². The Bertz CT molecular complexity index is 656. The van der Waals surface area contributed by atoms with E-state index in [0.29, 0.717) is 19.1 Å². The van der Waals surface area contributed by atoms with Gasteiger partial charge in [-0.25, -0.2) is 4.79 Å². The molecule has 1 unspecified atom stereocenters. The van der Waals surface area contributed by atoms with Crippen LogP contribution in [-0.2, 0) is 9.47 Å². The molecule has 2 heterocycles. The van der Waals surface area contributed by atoms with Gasteiger partial charge in [-0.1, -0.05) is 6.92 Å². The number of alkyl carbamates (subject to hydrolysis) is 1. The molecule has 0 radical (unpaired) electrons. The Labute approximate surface area is 208 Å². The van der Waals surface area contributed by atoms with E-state index in [-0.39, 0.29) is 36.2 Å². The van der Waals surface area contributed by atoms with Crippen LogP contribution in [0.5, 0.6) is 0 Å². The molecule has 1 aromatic rings. The molecule has 31 heavy (non-hydrogen) atoms. The number of likely N-dealkylation sites (tertiary alicyclic amines) is 1. The summed E-state index contributed by atoms with van der Waals surface area (Å²) in [7, 11) is 1.85. The molecule has 178 valence electrons. The maximum atomic E-state index is 11.6. The molecule has 1 fully saturated rings. The molecular formula is C22H39IN4O3S. The summed E-state index contributed by atoms with van der Waals surface area (Å²) < 4.78 is 11.2. The summed E-state index contributed by atoms with van der Waals surface area (Å²) in [5.74, 6) is 1.43. The zero-order valence-corrected chi connectivity index (χ0v) is 22.6. The fourth-order valence-electron chi connectivity index (χ4n) is 3.31. The lowest BCUT2D eigenvalue weighted by Crippen LogP contribution is -2.47. The molecule has 7 nitrogen and oxygen atoms in total. The van der Waals surface area contributed by atoms with E-state index in [1.54, 1.807) is 11.3 Å². The molecule has 0 spiro atoms. The lowest BCUT2D eigenvalue weighted by Gasteiger charge is -2.34. The maximum Gasteiger partial charge on any atom is 0.407 e. The maximum absolute atomic E-state index is 11.6. The van der Waals surface area contributed by atoms with Gasteiger partial charge in [-0.3, -0.25) is 4.99 Å². The number of hydrogen-bond donors (Lipinski definition) is 2. The average molecular weight is 567 g/mol. The van der Waals surface area contributed by atoms with E-state index >= 15 is 0 Å². The fraction of sp³-hybridized carbons (Fsp3) is 0.727. The van der Waals surface area contributed by atoms with Gasteiger partial charge in [0.2, 0.25) is 0 Å². The first-order valence-corrected chi connectivity index (χ1v) is 11.8. The van der Waals surface area contributed by atoms with Crippen LogP contribution < -0.4 is 10.6 Å². The number of halogens is 1. The van der Waals surface area contributed by atoms with Crippen molar-refractivity contribution in [1.82, 2.24) is 15.5 Å². The van der Waals surface area contributed by atoms with Gasteiger partial charge in [-0.2, -0.15) is 11.3 Å². The highest BCUT2D eigenvalue weighted by molar-refractivity contribution is 14.0. The van der Waals surface area contributed by atoms with Crippen molar-refractivity contribution in [3.05, 3.63) is 22.4 Å². The third-order valence-corrected chi connectivity index (χ3v) is 5.68. The zero-order chi connectivity index (χ0) is 22.0. The third-order valence-electron chi connectivity index (χ3n) is 4.97. The van der Waals surface area contributed by atoms with Crippen LogP contribution in [0.4, 0.5) is 4.79 Å². The molecular weight excluding hydrogens is 527 g/mol. The summed E-state index contributed by atoms with van der Waals surface area (Å²) in [6.07, 6.45) is 2.65. The van der Waals surface area contributed by atoms with Gasteiger partial charge in [0.25, 0.3) is 0 Å². The van der Waals surface area contributed by atoms with Crippen molar-refractivity contribution in [1.29, 1.82) is 0 Å². The van der Waals surface area contributed by atoms with Gasteiger partial charge in [0, 0.05) is 39.8 Å². The van der Waals surface area contributed by atoms with Crippen LogP contribution in [0.2, 0.25) is 0 Å². The molecule has 2 N–H and O–H groups in total. The van der Waals surface area contributed by atoms with E-state index in [1.807, 2.05) is 27.8 Å². The number of carbonyl (C=O) groups is 1. The normalized spacial score (nSPS) is 16.4. The molecule has 1 amide bonds. The molecule has 1 aliphatic heterocycles. The standard InChI is InChI=1S/C22H38N4O3S.HI/c1-17(18-9-14-30-16-18)15-25-20(23-5)26-11-7-19(8-12-26)28-13-6-10-24-21(27)29-22(2,3)4;/h9,14,16-17,19H,6-8,10-13,15H2,1-5H3,(H,23,25)(H,24,27);1H. The molecule has 0 aromatic carbocycles. The number of nitrogens with zero attached hydrogens (tertiary/aromatic N) is 2. The fourth-order valence-corrected chi connectivity index (χ4v) is 4.09. The average Bonchev–Trinajstić information content (AvgIpc) is 3.22. The first kappa shape index (κ1) is 28.0. The van der Waals surface area contributed by atoms with Gasteiger partial charge in [-0.05, 0) is 68.3 Å². The summed E-state index contributed by atoms with van der Waals surface area (Å²) >= 11 is 1.74. The Kier molecular flexibility index (Phi) is 12.8. The predicted octanol–water partition coefficient (Wildman–Crippen LogP) is 4.44. The van der Waals surface area contributed by atoms with Crippen LogP contribution in [0.15, 0.2) is 21.8 Å². The zero-order valence-electron chi connectivity index (χ0n) is 19.5. The van der Waals surface area contributed by atoms with Crippen LogP contribution in [-0.4, -0.2) is 68.5 Å². The second-order valence-corrected chi connectivity index (χ2v) is 9.51. The first-order valence-electron chi connectivity index (χ1n) is 10.8. The Morgan fingerprint density at radius 2 is 2.03 bits per heavy atom. The molecule has 1 atom stereocenters. The van der Waals surface area contributed by atoms with Crippen molar-refractivity contribution < 1.29 is 14.3 Å². The molecule has 9 heteroatoms. The van der Waals surface area contributed by atoms with Crippen LogP contribution in [0.25, 0.3) is 0 Å². The van der Waals surface area contributed by atoms with E-state index in [1.165, 1.54) is 5.56 Å². The van der Waals surface area contributed by atoms with E-state index in [4.69, 9.17) is 9.47 Å². The topological polar surface area (TPSA) is 75.2 Å². The summed E-state index contributed by atoms with van der Waals surface area (Å²) in [5.41, 5.74) is 0.905. The number of piperidine rings is 1. The number of rotatable bonds is 8. The number of nitrogens with one attached hydrogen (secondary N) is 2. The second-order valence-electron chi connectivity index (χ2n) is 8.73. The van der Waals surface area contributed by atoms with Crippen molar-refractivity contribution in [2.75, 3.05) is 39.8 Å². The molecule has 0 saturated carbocycles. The summed E-state index contributed by atoms with van der Waals surface area (Å²) in [5, 5.41) is 10.6. The Hall–Kier alpha value is -1.07. The predicted molar refractivity (Wildman–Crippen MR) is 139 cm³/mol. The minimum atomic E-state index is -0.466. The number of aliphatic imine (C=N–C) groups is 1. The Morgan fingerprint density at radius 1 is 1.32 bits per heavy atom. The monoisotopic (exact) mass is 566 g/mol. The largest absolute Gasteiger partial charge is 0.444 e. The summed E-state index contributed by atoms with van der Waals surface area (Å²) in [6.45, 7) is 11.8. The van der Waals surface area contributed by atoms with Gasteiger partial charge in [0.15, 0.2) is 5.96 Å². The molecule has 1 aliphatic rings. The molecule has 1 aromatic heterocycles. The Morgan fingerprint density at radius 3 is 2.61 bits per heavy atom. The summed E-state index contributed by atoms with van der Waals surface area (Å²) in [6, 6.07) is 2.19. The lowest BCUT2D eigenvalue weighted by molar-refractivity contribution is 0.0170. The van der Waals surface area contributed by atoms with Gasteiger partial charge in [0.1, 0.15) is 5.60 Å². The van der Waals surface area contributed by atoms with Crippen molar-refractivity contribution in [3.8, 4) is 0 Å². The second kappa shape index (κ2) is 14.2. The quantitative estimate of drug-likeness (QED) is 0.211. The third kappa shape index (κ3) is 10.9. The van der Waals surface area contributed by atoms with E-state index < -0.39 is 5.60 Å². The lowest BCUT2D eigenvalue weighted by atomic mass is 10.1. The number of guanidine groups is 1. The van der Waals surface area contributed by atoms with Crippen molar-refractivity contribution >= 4 is 47.4 Å². The van der Waals surface area contributed by atoms with Crippen LogP contribution in [0.3, 0.4) is 0 Å². The highest BCUT2D eigenvalue weighted by atomic mass is 127. The molecule has 0 aliphatic carbocycles. The van der Waals surface area contributed by atoms with E-state index in [0.717, 1.165) is 44.9 Å². The van der Waals surface area contributed by atoms with Gasteiger partial charge < -0.3 is 25.0 Å². The number of carbonyl (C=O) groups excluding carboxylic acids is 1. The summed E-state index contributed by atoms with van der Waals surface area (Å²) in [4.78, 5) is 18.4. The molecule has 1 saturated heterocycles. The van der Waals surface area contributed by atoms with Crippen LogP contribution in [0.1, 0.15) is 58.4 Å². The minimum Gasteiger partial charge on any atom is -0.444 e. The number of ether oxygens (including phenoxy) is 2. The SMILES string of the molecule is CN=C(NCC(C)c1ccsc1)N1CCC(OCCCNC(=O)OC(C)(C)C)CC1.I. The number of thiophene rings is 1. The van der Waals surface area contributed by atoms with E-state index in [2.05, 4.69) is 44.3 Å². The van der Waals surface area contributed by atoms with E-state index in [9.17, 15) is 4.79 Å². The highest BCUT2D eigenvalue weighted by Gasteiger charge is 2.22. The number of hydrogen-bond acceptors (Lipinski definition) is 5. The number of amides is 1. The van der Waals surface area contributed by atoms with Gasteiger partial charge in [0.05, 0.1) is 6.10 Å². The van der Waals surface area contributed by atoms with Crippen LogP contribution in [0, 0.1) is 0 Å². The van der Waals surface area contributed by atoms with Crippen molar-refractivity contribution in [3.63, 3.8) is 0 Å². The molecule has 2 rings (SSSR count). The Balaban J connectivity index is 0.00000480. The van der Waals surface area contributed by atoms with Gasteiger partial charge >= 0.3 is 6.09 Å². The van der Waals surface area contributed by atoms with Crippen molar-refractivity contribution in [2.45, 2.75) is 64.6 Å². The van der Waals surface area contributed by atoms with Crippen molar-refractivity contribution in [2.24, 2.45) is 4.99 Å². The smallest absolute Gasteiger partial charge is 0.407 e.